The lowest BCUT2D eigenvalue weighted by molar-refractivity contribution is -0.161. The number of nitrogens with zero attached hydrogens (tertiary/aromatic N) is 9. The van der Waals surface area contributed by atoms with Crippen LogP contribution in [0.1, 0.15) is 62.4 Å². The van der Waals surface area contributed by atoms with Crippen LogP contribution in [0.4, 0.5) is 14.6 Å². The molecule has 13 nitrogen and oxygen atoms in total. The Morgan fingerprint density at radius 2 is 1.64 bits per heavy atom. The first-order valence-electron chi connectivity index (χ1n) is 17.3. The largest absolute Gasteiger partial charge is 0.477 e. The summed E-state index contributed by atoms with van der Waals surface area (Å²) in [6.45, 7) is 12.4. The van der Waals surface area contributed by atoms with Crippen molar-refractivity contribution in [1.82, 2.24) is 39.6 Å². The van der Waals surface area contributed by atoms with Gasteiger partial charge < -0.3 is 19.5 Å². The average Bonchev–Trinajstić information content (AvgIpc) is 3.77. The van der Waals surface area contributed by atoms with Crippen molar-refractivity contribution in [1.29, 1.82) is 5.26 Å². The van der Waals surface area contributed by atoms with Gasteiger partial charge in [-0.3, -0.25) is 20.1 Å². The first-order chi connectivity index (χ1) is 23.9. The minimum Gasteiger partial charge on any atom is -0.477 e. The number of piperazine rings is 1. The molecule has 0 bridgehead atoms. The maximum atomic E-state index is 11.2. The second-order valence-corrected chi connectivity index (χ2v) is 13.6. The fraction of sp³-hybridized carbons (Fsp3) is 0.600. The number of aromatic nitrogens is 4. The number of hydrogen-bond donors (Lipinski definition) is 2. The number of carboxylic acid groups (broad SMARTS) is 1. The number of nitrogens with one attached hydrogen (secondary N) is 1. The van der Waals surface area contributed by atoms with E-state index in [2.05, 4.69) is 73.3 Å². The van der Waals surface area contributed by atoms with Gasteiger partial charge >= 0.3 is 11.9 Å². The molecule has 2 aromatic heterocycles. The van der Waals surface area contributed by atoms with Crippen LogP contribution in [0.2, 0.25) is 0 Å². The molecular formula is C35H50F2N10O3. The Balaban J connectivity index is 0.000000190. The number of rotatable bonds is 9. The molecule has 15 heteroatoms. The highest BCUT2D eigenvalue weighted by atomic mass is 19.3. The van der Waals surface area contributed by atoms with Crippen LogP contribution in [-0.2, 0) is 23.2 Å². The van der Waals surface area contributed by atoms with Gasteiger partial charge in [0.25, 0.3) is 0 Å². The summed E-state index contributed by atoms with van der Waals surface area (Å²) >= 11 is 0. The average molecular weight is 697 g/mol. The van der Waals surface area contributed by atoms with Gasteiger partial charge in [0.1, 0.15) is 6.07 Å². The highest BCUT2D eigenvalue weighted by Gasteiger charge is 2.31. The Labute approximate surface area is 292 Å². The second kappa shape index (κ2) is 18.1. The number of anilines is 1. The molecule has 3 fully saturated rings. The summed E-state index contributed by atoms with van der Waals surface area (Å²) in [5.74, 6) is -4.19. The number of aliphatic carboxylic acids is 1. The van der Waals surface area contributed by atoms with Gasteiger partial charge in [-0.15, -0.1) is 0 Å². The number of alkyl halides is 2. The van der Waals surface area contributed by atoms with Crippen molar-refractivity contribution >= 4 is 29.4 Å². The van der Waals surface area contributed by atoms with E-state index in [1.165, 1.54) is 69.8 Å². The molecule has 4 heterocycles. The molecule has 0 unspecified atom stereocenters. The molecule has 272 valence electrons. The summed E-state index contributed by atoms with van der Waals surface area (Å²) in [5.41, 5.74) is 6.66. The minimum absolute atomic E-state index is 0.0665. The van der Waals surface area contributed by atoms with Crippen molar-refractivity contribution in [3.63, 3.8) is 0 Å². The minimum atomic E-state index is -3.58. The lowest BCUT2D eigenvalue weighted by atomic mass is 9.96. The molecule has 2 aliphatic heterocycles. The van der Waals surface area contributed by atoms with E-state index in [4.69, 9.17) is 10.4 Å². The summed E-state index contributed by atoms with van der Waals surface area (Å²) in [4.78, 5) is 40.7. The second-order valence-electron chi connectivity index (χ2n) is 13.6. The van der Waals surface area contributed by atoms with E-state index < -0.39 is 11.9 Å². The standard InChI is InChI=1S/C19H31N3.C13H15N7O.C3H4F2O2/c1-17-3-5-18(6-4-17)15-21-11-13-22(14-12-21)16-19-7-9-20(2)10-8-19;1-19-7-15-11-12(19)17-10(6-14)18-13(11)20(16-8-21)9-4-2-3-5-9;1-3(4,5)2(6)7/h3-6,19H,7-16H2,1-2H3;7-9H,2-5H2,1H3,(H,16,21);1H3,(H,6,7). The number of carbonyl (C=O) groups is 2. The van der Waals surface area contributed by atoms with Crippen molar-refractivity contribution in [2.45, 2.75) is 70.9 Å². The fourth-order valence-corrected chi connectivity index (χ4v) is 6.46. The Kier molecular flexibility index (Phi) is 14.0. The monoisotopic (exact) mass is 696 g/mol. The molecule has 2 N–H and O–H groups in total. The summed E-state index contributed by atoms with van der Waals surface area (Å²) in [6.07, 6.45) is 9.20. The molecule has 6 rings (SSSR count). The van der Waals surface area contributed by atoms with Crippen molar-refractivity contribution in [2.24, 2.45) is 13.0 Å². The number of piperidine rings is 1. The zero-order valence-corrected chi connectivity index (χ0v) is 29.6. The molecule has 3 aliphatic rings. The Hall–Kier alpha value is -4.26. The van der Waals surface area contributed by atoms with Crippen molar-refractivity contribution < 1.29 is 23.5 Å². The van der Waals surface area contributed by atoms with Gasteiger partial charge in [0.15, 0.2) is 17.0 Å². The molecular weight excluding hydrogens is 646 g/mol. The molecule has 1 amide bonds. The fourth-order valence-electron chi connectivity index (χ4n) is 6.46. The quantitative estimate of drug-likeness (QED) is 0.249. The van der Waals surface area contributed by atoms with E-state index in [0.717, 1.165) is 38.1 Å². The van der Waals surface area contributed by atoms with Gasteiger partial charge in [0, 0.05) is 53.2 Å². The van der Waals surface area contributed by atoms with Crippen molar-refractivity contribution in [3.8, 4) is 6.07 Å². The maximum absolute atomic E-state index is 11.2. The number of carbonyl (C=O) groups excluding carboxylic acids is 1. The molecule has 50 heavy (non-hydrogen) atoms. The molecule has 0 radical (unpaired) electrons. The van der Waals surface area contributed by atoms with Crippen LogP contribution in [0.25, 0.3) is 11.2 Å². The highest BCUT2D eigenvalue weighted by Crippen LogP contribution is 2.29. The number of benzene rings is 1. The van der Waals surface area contributed by atoms with Gasteiger partial charge in [-0.2, -0.15) is 24.0 Å². The third-order valence-electron chi connectivity index (χ3n) is 9.47. The first-order valence-corrected chi connectivity index (χ1v) is 17.3. The predicted molar refractivity (Wildman–Crippen MR) is 186 cm³/mol. The summed E-state index contributed by atoms with van der Waals surface area (Å²) in [5, 5.41) is 18.3. The van der Waals surface area contributed by atoms with E-state index >= 15 is 0 Å². The van der Waals surface area contributed by atoms with Crippen molar-refractivity contribution in [2.75, 3.05) is 57.9 Å². The topological polar surface area (TPSA) is 147 Å². The van der Waals surface area contributed by atoms with Crippen LogP contribution in [0.3, 0.4) is 0 Å². The normalized spacial score (nSPS) is 18.0. The van der Waals surface area contributed by atoms with E-state index in [1.807, 2.05) is 6.07 Å². The number of likely N-dealkylation sites (tertiary alicyclic amines) is 1. The Morgan fingerprint density at radius 3 is 2.20 bits per heavy atom. The zero-order valence-electron chi connectivity index (χ0n) is 29.6. The lowest BCUT2D eigenvalue weighted by Gasteiger charge is -2.38. The van der Waals surface area contributed by atoms with Gasteiger partial charge in [-0.05, 0) is 64.2 Å². The number of fused-ring (bicyclic) bond motifs is 1. The number of amides is 1. The first kappa shape index (κ1) is 38.5. The molecule has 1 saturated carbocycles. The van der Waals surface area contributed by atoms with E-state index in [1.54, 1.807) is 23.0 Å². The molecule has 2 saturated heterocycles. The molecule has 3 aromatic rings. The third kappa shape index (κ3) is 11.1. The van der Waals surface area contributed by atoms with Crippen LogP contribution in [-0.4, -0.2) is 117 Å². The smallest absolute Gasteiger partial charge is 0.374 e. The number of imidazole rings is 1. The lowest BCUT2D eigenvalue weighted by Crippen LogP contribution is -2.48. The predicted octanol–water partition coefficient (Wildman–Crippen LogP) is 3.83. The summed E-state index contributed by atoms with van der Waals surface area (Å²) < 4.78 is 24.2. The Bertz CT molecular complexity index is 1570. The third-order valence-corrected chi connectivity index (χ3v) is 9.47. The van der Waals surface area contributed by atoms with Crippen molar-refractivity contribution in [3.05, 3.63) is 47.5 Å². The van der Waals surface area contributed by atoms with E-state index in [0.29, 0.717) is 30.3 Å². The van der Waals surface area contributed by atoms with Crippen LogP contribution >= 0.6 is 0 Å². The number of halogens is 2. The van der Waals surface area contributed by atoms with Gasteiger partial charge in [-0.1, -0.05) is 42.7 Å². The SMILES string of the molecule is CC(F)(F)C(=O)O.Cc1ccc(CN2CCN(CC3CCN(C)CC3)CC2)cc1.Cn1cnc2c(N(NC=O)C3CCCC3)nc(C#N)nc21. The maximum Gasteiger partial charge on any atom is 0.374 e. The van der Waals surface area contributed by atoms with Gasteiger partial charge in [0.05, 0.1) is 12.4 Å². The number of nitriles is 1. The van der Waals surface area contributed by atoms with Crippen LogP contribution in [0.5, 0.6) is 0 Å². The zero-order chi connectivity index (χ0) is 36.3. The molecule has 1 aromatic carbocycles. The van der Waals surface area contributed by atoms with Gasteiger partial charge in [-0.25, -0.2) is 9.78 Å². The van der Waals surface area contributed by atoms with E-state index in [-0.39, 0.29) is 11.9 Å². The van der Waals surface area contributed by atoms with Crippen LogP contribution < -0.4 is 10.4 Å². The number of hydrogen-bond acceptors (Lipinski definition) is 10. The summed E-state index contributed by atoms with van der Waals surface area (Å²) in [7, 11) is 4.06. The van der Waals surface area contributed by atoms with Crippen LogP contribution in [0.15, 0.2) is 30.6 Å². The number of carboxylic acids is 1. The van der Waals surface area contributed by atoms with Crippen LogP contribution in [0, 0.1) is 24.2 Å². The van der Waals surface area contributed by atoms with Gasteiger partial charge in [0.2, 0.25) is 12.2 Å². The molecule has 0 spiro atoms. The Morgan fingerprint density at radius 1 is 1.04 bits per heavy atom. The molecule has 0 atom stereocenters. The summed E-state index contributed by atoms with van der Waals surface area (Å²) in [6, 6.07) is 11.1. The number of aryl methyl sites for hydroxylation is 2. The highest BCUT2D eigenvalue weighted by molar-refractivity contribution is 5.84. The van der Waals surface area contributed by atoms with E-state index in [9.17, 15) is 18.4 Å². The number of hydrazine groups is 1. The molecule has 1 aliphatic carbocycles.